The van der Waals surface area contributed by atoms with Crippen LogP contribution in [-0.4, -0.2) is 9.97 Å². The third-order valence-corrected chi connectivity index (χ3v) is 2.73. The number of nitrogens with zero attached hydrogens (tertiary/aromatic N) is 2. The van der Waals surface area contributed by atoms with Crippen molar-refractivity contribution in [2.45, 2.75) is 18.8 Å². The first-order chi connectivity index (χ1) is 8.42. The van der Waals surface area contributed by atoms with E-state index in [1.54, 1.807) is 6.20 Å². The van der Waals surface area contributed by atoms with Crippen molar-refractivity contribution >= 4 is 0 Å². The third-order valence-electron chi connectivity index (χ3n) is 2.73. The predicted molar refractivity (Wildman–Crippen MR) is 66.4 cm³/mol. The SMILES string of the molecule is C(#Cc1ccnc(C2CC2)n1)c1ccccc1. The molecule has 2 nitrogen and oxygen atoms in total. The summed E-state index contributed by atoms with van der Waals surface area (Å²) >= 11 is 0. The van der Waals surface area contributed by atoms with E-state index in [2.05, 4.69) is 21.8 Å². The molecule has 0 amide bonds. The highest BCUT2D eigenvalue weighted by molar-refractivity contribution is 5.39. The topological polar surface area (TPSA) is 25.8 Å². The van der Waals surface area contributed by atoms with Crippen LogP contribution in [0.4, 0.5) is 0 Å². The number of hydrogen-bond donors (Lipinski definition) is 0. The van der Waals surface area contributed by atoms with Crippen molar-refractivity contribution in [3.05, 3.63) is 59.7 Å². The number of aromatic nitrogens is 2. The Morgan fingerprint density at radius 2 is 1.82 bits per heavy atom. The van der Waals surface area contributed by atoms with Crippen molar-refractivity contribution in [2.75, 3.05) is 0 Å². The molecule has 2 heteroatoms. The molecule has 17 heavy (non-hydrogen) atoms. The molecular formula is C15H12N2. The zero-order valence-corrected chi connectivity index (χ0v) is 9.43. The van der Waals surface area contributed by atoms with Gasteiger partial charge in [0.2, 0.25) is 0 Å². The number of rotatable bonds is 1. The van der Waals surface area contributed by atoms with Gasteiger partial charge in [-0.1, -0.05) is 24.1 Å². The van der Waals surface area contributed by atoms with Crippen LogP contribution in [-0.2, 0) is 0 Å². The summed E-state index contributed by atoms with van der Waals surface area (Å²) in [7, 11) is 0. The lowest BCUT2D eigenvalue weighted by Crippen LogP contribution is -1.93. The zero-order chi connectivity index (χ0) is 11.5. The highest BCUT2D eigenvalue weighted by Gasteiger charge is 2.26. The standard InChI is InChI=1S/C15H12N2/c1-2-4-12(5-3-1)6-9-14-10-11-16-15(17-14)13-7-8-13/h1-5,10-11,13H,7-8H2. The van der Waals surface area contributed by atoms with Crippen molar-refractivity contribution in [2.24, 2.45) is 0 Å². The molecule has 1 aromatic heterocycles. The Labute approximate surface area is 101 Å². The molecule has 0 saturated heterocycles. The first-order valence-corrected chi connectivity index (χ1v) is 5.82. The smallest absolute Gasteiger partial charge is 0.132 e. The Kier molecular flexibility index (Phi) is 2.59. The Morgan fingerprint density at radius 1 is 1.00 bits per heavy atom. The minimum Gasteiger partial charge on any atom is -0.241 e. The molecule has 0 N–H and O–H groups in total. The fraction of sp³-hybridized carbons (Fsp3) is 0.200. The van der Waals surface area contributed by atoms with E-state index >= 15 is 0 Å². The van der Waals surface area contributed by atoms with Gasteiger partial charge in [-0.05, 0) is 37.0 Å². The van der Waals surface area contributed by atoms with Gasteiger partial charge in [0.25, 0.3) is 0 Å². The molecule has 2 aromatic rings. The first-order valence-electron chi connectivity index (χ1n) is 5.82. The van der Waals surface area contributed by atoms with E-state index in [9.17, 15) is 0 Å². The van der Waals surface area contributed by atoms with E-state index in [0.717, 1.165) is 17.1 Å². The molecule has 0 atom stereocenters. The van der Waals surface area contributed by atoms with Gasteiger partial charge < -0.3 is 0 Å². The Morgan fingerprint density at radius 3 is 2.59 bits per heavy atom. The lowest BCUT2D eigenvalue weighted by atomic mass is 10.2. The lowest BCUT2D eigenvalue weighted by Gasteiger charge is -1.95. The van der Waals surface area contributed by atoms with Crippen molar-refractivity contribution in [3.8, 4) is 11.8 Å². The van der Waals surface area contributed by atoms with Gasteiger partial charge >= 0.3 is 0 Å². The van der Waals surface area contributed by atoms with E-state index in [0.29, 0.717) is 5.92 Å². The van der Waals surface area contributed by atoms with Gasteiger partial charge in [-0.2, -0.15) is 0 Å². The van der Waals surface area contributed by atoms with E-state index < -0.39 is 0 Å². The lowest BCUT2D eigenvalue weighted by molar-refractivity contribution is 0.920. The van der Waals surface area contributed by atoms with Crippen LogP contribution in [0.25, 0.3) is 0 Å². The molecule has 82 valence electrons. The summed E-state index contributed by atoms with van der Waals surface area (Å²) in [5.41, 5.74) is 1.82. The van der Waals surface area contributed by atoms with Crippen LogP contribution in [0.3, 0.4) is 0 Å². The van der Waals surface area contributed by atoms with Gasteiger partial charge in [0.1, 0.15) is 11.5 Å². The minimum atomic E-state index is 0.577. The third kappa shape index (κ3) is 2.51. The monoisotopic (exact) mass is 220 g/mol. The van der Waals surface area contributed by atoms with Crippen LogP contribution in [0.1, 0.15) is 35.8 Å². The fourth-order valence-electron chi connectivity index (χ4n) is 1.64. The maximum absolute atomic E-state index is 4.47. The van der Waals surface area contributed by atoms with Crippen LogP contribution < -0.4 is 0 Å². The van der Waals surface area contributed by atoms with Crippen LogP contribution >= 0.6 is 0 Å². The summed E-state index contributed by atoms with van der Waals surface area (Å²) in [5.74, 6) is 7.72. The molecule has 1 fully saturated rings. The molecule has 1 aliphatic carbocycles. The van der Waals surface area contributed by atoms with Crippen LogP contribution in [0.15, 0.2) is 42.6 Å². The van der Waals surface area contributed by atoms with E-state index in [4.69, 9.17) is 0 Å². The van der Waals surface area contributed by atoms with Crippen molar-refractivity contribution in [1.82, 2.24) is 9.97 Å². The summed E-state index contributed by atoms with van der Waals surface area (Å²) in [6, 6.07) is 11.8. The van der Waals surface area contributed by atoms with Gasteiger partial charge in [-0.25, -0.2) is 9.97 Å². The highest BCUT2D eigenvalue weighted by Crippen LogP contribution is 2.37. The molecule has 0 bridgehead atoms. The molecule has 0 spiro atoms. The maximum atomic E-state index is 4.47. The minimum absolute atomic E-state index is 0.577. The molecule has 0 aliphatic heterocycles. The molecule has 0 radical (unpaired) electrons. The normalized spacial score (nSPS) is 13.9. The molecule has 1 heterocycles. The van der Waals surface area contributed by atoms with Gasteiger partial charge in [-0.3, -0.25) is 0 Å². The molecular weight excluding hydrogens is 208 g/mol. The molecule has 1 aromatic carbocycles. The Balaban J connectivity index is 1.85. The summed E-state index contributed by atoms with van der Waals surface area (Å²) in [4.78, 5) is 8.74. The Hall–Kier alpha value is -2.14. The van der Waals surface area contributed by atoms with E-state index in [1.165, 1.54) is 12.8 Å². The average Bonchev–Trinajstić information content (AvgIpc) is 3.22. The van der Waals surface area contributed by atoms with Gasteiger partial charge in [0.15, 0.2) is 0 Å². The largest absolute Gasteiger partial charge is 0.241 e. The van der Waals surface area contributed by atoms with Crippen LogP contribution in [0.2, 0.25) is 0 Å². The summed E-state index contributed by atoms with van der Waals surface area (Å²) < 4.78 is 0. The van der Waals surface area contributed by atoms with Crippen LogP contribution in [0, 0.1) is 11.8 Å². The summed E-state index contributed by atoms with van der Waals surface area (Å²) in [6.45, 7) is 0. The molecule has 3 rings (SSSR count). The average molecular weight is 220 g/mol. The predicted octanol–water partition coefficient (Wildman–Crippen LogP) is 2.75. The van der Waals surface area contributed by atoms with Gasteiger partial charge in [0.05, 0.1) is 0 Å². The molecule has 1 aliphatic rings. The fourth-order valence-corrected chi connectivity index (χ4v) is 1.64. The van der Waals surface area contributed by atoms with Crippen molar-refractivity contribution in [1.29, 1.82) is 0 Å². The zero-order valence-electron chi connectivity index (χ0n) is 9.43. The van der Waals surface area contributed by atoms with E-state index in [1.807, 2.05) is 36.4 Å². The summed E-state index contributed by atoms with van der Waals surface area (Å²) in [6.07, 6.45) is 4.24. The quantitative estimate of drug-likeness (QED) is 0.691. The van der Waals surface area contributed by atoms with Gasteiger partial charge in [0, 0.05) is 17.7 Å². The Bertz CT molecular complexity index is 575. The van der Waals surface area contributed by atoms with E-state index in [-0.39, 0.29) is 0 Å². The first kappa shape index (κ1) is 10.0. The number of hydrogen-bond acceptors (Lipinski definition) is 2. The maximum Gasteiger partial charge on any atom is 0.132 e. The summed E-state index contributed by atoms with van der Waals surface area (Å²) in [5, 5.41) is 0. The second kappa shape index (κ2) is 4.39. The molecule has 0 unspecified atom stereocenters. The number of benzene rings is 1. The molecule has 1 saturated carbocycles. The van der Waals surface area contributed by atoms with Gasteiger partial charge in [-0.15, -0.1) is 0 Å². The second-order valence-electron chi connectivity index (χ2n) is 4.19. The highest BCUT2D eigenvalue weighted by atomic mass is 14.9. The van der Waals surface area contributed by atoms with Crippen molar-refractivity contribution < 1.29 is 0 Å². The van der Waals surface area contributed by atoms with Crippen LogP contribution in [0.5, 0.6) is 0 Å². The second-order valence-corrected chi connectivity index (χ2v) is 4.19. The van der Waals surface area contributed by atoms with Crippen molar-refractivity contribution in [3.63, 3.8) is 0 Å².